The predicted molar refractivity (Wildman–Crippen MR) is 92.2 cm³/mol. The number of carbonyl (C=O) groups excluding carboxylic acids is 1. The minimum Gasteiger partial charge on any atom is -0.444 e. The molecule has 1 aromatic heterocycles. The lowest BCUT2D eigenvalue weighted by Crippen LogP contribution is -2.47. The number of amides is 1. The molecule has 5 heteroatoms. The zero-order valence-corrected chi connectivity index (χ0v) is 15.1. The normalized spacial score (nSPS) is 20.4. The van der Waals surface area contributed by atoms with Crippen LogP contribution in [0.4, 0.5) is 4.79 Å². The highest BCUT2D eigenvalue weighted by Crippen LogP contribution is 2.22. The summed E-state index contributed by atoms with van der Waals surface area (Å²) in [5.74, 6) is 0.472. The number of hydrogen-bond donors (Lipinski definition) is 1. The number of nitrogens with one attached hydrogen (secondary N) is 1. The van der Waals surface area contributed by atoms with Crippen molar-refractivity contribution in [1.82, 2.24) is 14.8 Å². The number of piperidine rings is 1. The third-order valence-corrected chi connectivity index (χ3v) is 4.34. The Labute approximate surface area is 140 Å². The van der Waals surface area contributed by atoms with Crippen molar-refractivity contribution in [2.75, 3.05) is 13.1 Å². The maximum absolute atomic E-state index is 12.2. The van der Waals surface area contributed by atoms with Gasteiger partial charge in [-0.25, -0.2) is 4.79 Å². The first kappa shape index (κ1) is 17.9. The summed E-state index contributed by atoms with van der Waals surface area (Å²) in [4.78, 5) is 14.1. The van der Waals surface area contributed by atoms with Gasteiger partial charge in [0.2, 0.25) is 0 Å². The Hall–Kier alpha value is -1.49. The van der Waals surface area contributed by atoms with Gasteiger partial charge in [0, 0.05) is 45.1 Å². The predicted octanol–water partition coefficient (Wildman–Crippen LogP) is 3.15. The van der Waals surface area contributed by atoms with Gasteiger partial charge in [0.1, 0.15) is 5.60 Å². The van der Waals surface area contributed by atoms with Gasteiger partial charge in [-0.1, -0.05) is 0 Å². The van der Waals surface area contributed by atoms with Gasteiger partial charge in [-0.05, 0) is 58.1 Å². The van der Waals surface area contributed by atoms with Crippen molar-refractivity contribution in [2.45, 2.75) is 58.7 Å². The van der Waals surface area contributed by atoms with Crippen molar-refractivity contribution >= 4 is 6.09 Å². The zero-order valence-electron chi connectivity index (χ0n) is 15.1. The van der Waals surface area contributed by atoms with E-state index in [-0.39, 0.29) is 6.09 Å². The second kappa shape index (κ2) is 7.39. The fraction of sp³-hybridized carbons (Fsp3) is 0.722. The molecule has 0 aromatic carbocycles. The number of nitrogens with zero attached hydrogens (tertiary/aromatic N) is 2. The topological polar surface area (TPSA) is 46.5 Å². The number of rotatable bonds is 4. The number of likely N-dealkylation sites (tertiary alicyclic amines) is 1. The van der Waals surface area contributed by atoms with Crippen molar-refractivity contribution in [3.05, 3.63) is 24.0 Å². The second-order valence-corrected chi connectivity index (χ2v) is 7.68. The number of aromatic nitrogens is 1. The fourth-order valence-electron chi connectivity index (χ4n) is 3.02. The molecule has 0 bridgehead atoms. The fourth-order valence-corrected chi connectivity index (χ4v) is 3.02. The Morgan fingerprint density at radius 1 is 1.48 bits per heavy atom. The molecule has 2 unspecified atom stereocenters. The van der Waals surface area contributed by atoms with Crippen LogP contribution in [0.25, 0.3) is 0 Å². The van der Waals surface area contributed by atoms with Crippen molar-refractivity contribution < 1.29 is 9.53 Å². The standard InChI is InChI=1S/C18H31N3O2/c1-14(19-11-15-8-10-20(5)12-15)16-7-6-9-21(13-16)17(22)23-18(2,3)4/h8,10,12,14,16,19H,6-7,9,11,13H2,1-5H3. The van der Waals surface area contributed by atoms with E-state index in [2.05, 4.69) is 35.3 Å². The van der Waals surface area contributed by atoms with Crippen molar-refractivity contribution in [1.29, 1.82) is 0 Å². The molecular formula is C18H31N3O2. The molecule has 0 radical (unpaired) electrons. The van der Waals surface area contributed by atoms with Crippen LogP contribution in [0.5, 0.6) is 0 Å². The largest absolute Gasteiger partial charge is 0.444 e. The molecule has 1 aromatic rings. The van der Waals surface area contributed by atoms with Crippen molar-refractivity contribution in [3.63, 3.8) is 0 Å². The molecule has 1 saturated heterocycles. The van der Waals surface area contributed by atoms with Crippen LogP contribution in [-0.4, -0.2) is 40.3 Å². The van der Waals surface area contributed by atoms with Gasteiger partial charge in [-0.3, -0.25) is 0 Å². The number of hydrogen-bond acceptors (Lipinski definition) is 3. The van der Waals surface area contributed by atoms with Crippen LogP contribution >= 0.6 is 0 Å². The summed E-state index contributed by atoms with van der Waals surface area (Å²) in [5.41, 5.74) is 0.862. The van der Waals surface area contributed by atoms with Gasteiger partial charge in [0.25, 0.3) is 0 Å². The summed E-state index contributed by atoms with van der Waals surface area (Å²) in [5, 5.41) is 3.60. The van der Waals surface area contributed by atoms with Gasteiger partial charge in [0.05, 0.1) is 0 Å². The van der Waals surface area contributed by atoms with Crippen LogP contribution in [0.3, 0.4) is 0 Å². The first-order chi connectivity index (χ1) is 10.7. The molecule has 23 heavy (non-hydrogen) atoms. The summed E-state index contributed by atoms with van der Waals surface area (Å²) in [6, 6.07) is 2.51. The van der Waals surface area contributed by atoms with E-state index in [9.17, 15) is 4.79 Å². The molecule has 1 amide bonds. The van der Waals surface area contributed by atoms with Crippen LogP contribution in [0.1, 0.15) is 46.1 Å². The number of ether oxygens (including phenoxy) is 1. The molecule has 130 valence electrons. The molecule has 0 aliphatic carbocycles. The van der Waals surface area contributed by atoms with E-state index in [1.54, 1.807) is 0 Å². The molecule has 1 aliphatic heterocycles. The molecule has 1 fully saturated rings. The minimum absolute atomic E-state index is 0.183. The van der Waals surface area contributed by atoms with E-state index >= 15 is 0 Å². The maximum atomic E-state index is 12.2. The Balaban J connectivity index is 1.83. The van der Waals surface area contributed by atoms with Crippen LogP contribution in [-0.2, 0) is 18.3 Å². The molecule has 1 aliphatic rings. The first-order valence-corrected chi connectivity index (χ1v) is 8.57. The minimum atomic E-state index is -0.429. The Morgan fingerprint density at radius 2 is 2.22 bits per heavy atom. The molecule has 2 atom stereocenters. The summed E-state index contributed by atoms with van der Waals surface area (Å²) < 4.78 is 7.56. The lowest BCUT2D eigenvalue weighted by Gasteiger charge is -2.36. The third kappa shape index (κ3) is 5.57. The highest BCUT2D eigenvalue weighted by Gasteiger charge is 2.29. The van der Waals surface area contributed by atoms with Gasteiger partial charge < -0.3 is 19.5 Å². The summed E-state index contributed by atoms with van der Waals surface area (Å²) in [6.07, 6.45) is 6.21. The Morgan fingerprint density at radius 3 is 2.83 bits per heavy atom. The quantitative estimate of drug-likeness (QED) is 0.926. The average molecular weight is 321 g/mol. The Kier molecular flexibility index (Phi) is 5.74. The first-order valence-electron chi connectivity index (χ1n) is 8.57. The molecule has 2 rings (SSSR count). The summed E-state index contributed by atoms with van der Waals surface area (Å²) in [6.45, 7) is 10.4. The van der Waals surface area contributed by atoms with E-state index in [0.717, 1.165) is 32.5 Å². The molecular weight excluding hydrogens is 290 g/mol. The highest BCUT2D eigenvalue weighted by molar-refractivity contribution is 5.68. The van der Waals surface area contributed by atoms with Crippen LogP contribution in [0, 0.1) is 5.92 Å². The highest BCUT2D eigenvalue weighted by atomic mass is 16.6. The van der Waals surface area contributed by atoms with Crippen molar-refractivity contribution in [2.24, 2.45) is 13.0 Å². The smallest absolute Gasteiger partial charge is 0.410 e. The van der Waals surface area contributed by atoms with Crippen molar-refractivity contribution in [3.8, 4) is 0 Å². The van der Waals surface area contributed by atoms with Gasteiger partial charge >= 0.3 is 6.09 Å². The lowest BCUT2D eigenvalue weighted by molar-refractivity contribution is 0.0148. The maximum Gasteiger partial charge on any atom is 0.410 e. The van der Waals surface area contributed by atoms with E-state index in [0.29, 0.717) is 12.0 Å². The molecule has 0 saturated carbocycles. The van der Waals surface area contributed by atoms with E-state index < -0.39 is 5.60 Å². The van der Waals surface area contributed by atoms with E-state index in [4.69, 9.17) is 4.74 Å². The zero-order chi connectivity index (χ0) is 17.0. The van der Waals surface area contributed by atoms with Crippen LogP contribution < -0.4 is 5.32 Å². The van der Waals surface area contributed by atoms with Gasteiger partial charge in [-0.2, -0.15) is 0 Å². The van der Waals surface area contributed by atoms with Gasteiger partial charge in [0.15, 0.2) is 0 Å². The molecule has 0 spiro atoms. The van der Waals surface area contributed by atoms with E-state index in [1.165, 1.54) is 5.56 Å². The third-order valence-electron chi connectivity index (χ3n) is 4.34. The summed E-state index contributed by atoms with van der Waals surface area (Å²) >= 11 is 0. The van der Waals surface area contributed by atoms with Gasteiger partial charge in [-0.15, -0.1) is 0 Å². The Bertz CT molecular complexity index is 519. The summed E-state index contributed by atoms with van der Waals surface area (Å²) in [7, 11) is 2.03. The SMILES string of the molecule is CC(NCc1ccn(C)c1)C1CCCN(C(=O)OC(C)(C)C)C1. The monoisotopic (exact) mass is 321 g/mol. The van der Waals surface area contributed by atoms with E-state index in [1.807, 2.05) is 32.7 Å². The molecule has 2 heterocycles. The molecule has 1 N–H and O–H groups in total. The number of aryl methyl sites for hydroxylation is 1. The van der Waals surface area contributed by atoms with Crippen LogP contribution in [0.15, 0.2) is 18.5 Å². The number of carbonyl (C=O) groups is 1. The van der Waals surface area contributed by atoms with Crippen LogP contribution in [0.2, 0.25) is 0 Å². The average Bonchev–Trinajstić information content (AvgIpc) is 2.89. The molecule has 5 nitrogen and oxygen atoms in total. The lowest BCUT2D eigenvalue weighted by atomic mass is 9.91. The second-order valence-electron chi connectivity index (χ2n) is 7.68.